The monoisotopic (exact) mass is 238 g/mol. The van der Waals surface area contributed by atoms with E-state index in [0.29, 0.717) is 0 Å². The lowest BCUT2D eigenvalue weighted by Gasteiger charge is -2.15. The number of nitrogens with zero attached hydrogens (tertiary/aromatic N) is 4. The molecule has 1 fully saturated rings. The van der Waals surface area contributed by atoms with Crippen molar-refractivity contribution in [3.63, 3.8) is 0 Å². The van der Waals surface area contributed by atoms with Gasteiger partial charge in [0.25, 0.3) is 5.91 Å². The van der Waals surface area contributed by atoms with Gasteiger partial charge in [0, 0.05) is 13.1 Å². The highest BCUT2D eigenvalue weighted by Crippen LogP contribution is 2.29. The predicted octanol–water partition coefficient (Wildman–Crippen LogP) is -0.777. The van der Waals surface area contributed by atoms with E-state index in [1.807, 2.05) is 5.43 Å². The number of carbonyl (C=O) groups is 1. The molecule has 1 aromatic rings. The molecule has 0 saturated heterocycles. The molecule has 94 valence electrons. The van der Waals surface area contributed by atoms with Crippen molar-refractivity contribution in [2.75, 3.05) is 20.1 Å². The Kier molecular flexibility index (Phi) is 3.70. The van der Waals surface area contributed by atoms with Crippen molar-refractivity contribution in [3.05, 3.63) is 11.9 Å². The molecule has 1 aliphatic carbocycles. The normalized spacial score (nSPS) is 15.2. The number of rotatable bonds is 6. The first-order chi connectivity index (χ1) is 8.19. The molecule has 7 heteroatoms. The summed E-state index contributed by atoms with van der Waals surface area (Å²) in [5.41, 5.74) is 2.28. The van der Waals surface area contributed by atoms with Crippen LogP contribution in [0.3, 0.4) is 0 Å². The molecular weight excluding hydrogens is 220 g/mol. The largest absolute Gasteiger partial charge is 0.304 e. The highest BCUT2D eigenvalue weighted by Gasteiger charge is 2.22. The van der Waals surface area contributed by atoms with E-state index in [1.165, 1.54) is 12.8 Å². The third kappa shape index (κ3) is 3.50. The Morgan fingerprint density at radius 3 is 3.12 bits per heavy atom. The van der Waals surface area contributed by atoms with Gasteiger partial charge in [-0.1, -0.05) is 5.21 Å². The average Bonchev–Trinajstić information content (AvgIpc) is 3.00. The molecule has 0 bridgehead atoms. The fourth-order valence-electron chi connectivity index (χ4n) is 1.69. The van der Waals surface area contributed by atoms with Crippen LogP contribution in [-0.2, 0) is 6.54 Å². The summed E-state index contributed by atoms with van der Waals surface area (Å²) < 4.78 is 1.66. The zero-order valence-corrected chi connectivity index (χ0v) is 9.96. The molecule has 1 aliphatic rings. The molecule has 0 spiro atoms. The fourth-order valence-corrected chi connectivity index (χ4v) is 1.69. The number of nitrogen functional groups attached to an aromatic ring is 1. The minimum Gasteiger partial charge on any atom is -0.304 e. The number of nitrogens with one attached hydrogen (secondary N) is 1. The summed E-state index contributed by atoms with van der Waals surface area (Å²) in [6.07, 6.45) is 4.32. The van der Waals surface area contributed by atoms with Gasteiger partial charge < -0.3 is 4.90 Å². The number of aromatic nitrogens is 3. The molecule has 0 radical (unpaired) electrons. The van der Waals surface area contributed by atoms with E-state index < -0.39 is 5.91 Å². The summed E-state index contributed by atoms with van der Waals surface area (Å²) in [6, 6.07) is 0. The predicted molar refractivity (Wildman–Crippen MR) is 61.9 cm³/mol. The van der Waals surface area contributed by atoms with Gasteiger partial charge in [-0.2, -0.15) is 0 Å². The van der Waals surface area contributed by atoms with Crippen LogP contribution in [0.5, 0.6) is 0 Å². The molecule has 2 rings (SSSR count). The summed E-state index contributed by atoms with van der Waals surface area (Å²) in [5.74, 6) is 5.48. The average molecular weight is 238 g/mol. The van der Waals surface area contributed by atoms with E-state index in [4.69, 9.17) is 5.84 Å². The maximum Gasteiger partial charge on any atom is 0.287 e. The van der Waals surface area contributed by atoms with Crippen molar-refractivity contribution in [1.82, 2.24) is 25.3 Å². The lowest BCUT2D eigenvalue weighted by Crippen LogP contribution is -2.30. The fraction of sp³-hybridized carbons (Fsp3) is 0.700. The lowest BCUT2D eigenvalue weighted by molar-refractivity contribution is 0.0948. The van der Waals surface area contributed by atoms with Gasteiger partial charge in [-0.05, 0) is 25.8 Å². The standard InChI is InChI=1S/C10H18N6O/c1-15(6-8-2-3-8)4-5-16-7-9(13-14-16)10(17)12-11/h7-8H,2-6,11H2,1H3,(H,12,17). The molecule has 1 amide bonds. The first-order valence-electron chi connectivity index (χ1n) is 5.78. The summed E-state index contributed by atoms with van der Waals surface area (Å²) in [7, 11) is 2.10. The van der Waals surface area contributed by atoms with Crippen LogP contribution >= 0.6 is 0 Å². The van der Waals surface area contributed by atoms with E-state index in [1.54, 1.807) is 10.9 Å². The van der Waals surface area contributed by atoms with Gasteiger partial charge >= 0.3 is 0 Å². The highest BCUT2D eigenvalue weighted by atomic mass is 16.2. The molecule has 1 aromatic heterocycles. The number of carbonyl (C=O) groups excluding carboxylic acids is 1. The second kappa shape index (κ2) is 5.24. The van der Waals surface area contributed by atoms with Crippen molar-refractivity contribution >= 4 is 5.91 Å². The number of hydrogen-bond donors (Lipinski definition) is 2. The van der Waals surface area contributed by atoms with Crippen LogP contribution in [0.15, 0.2) is 6.20 Å². The van der Waals surface area contributed by atoms with Crippen LogP contribution in [-0.4, -0.2) is 45.9 Å². The van der Waals surface area contributed by atoms with Gasteiger partial charge in [0.15, 0.2) is 5.69 Å². The summed E-state index contributed by atoms with van der Waals surface area (Å²) in [5, 5.41) is 7.62. The number of hydrazine groups is 1. The van der Waals surface area contributed by atoms with E-state index in [2.05, 4.69) is 22.3 Å². The molecule has 0 aromatic carbocycles. The van der Waals surface area contributed by atoms with Crippen molar-refractivity contribution in [2.24, 2.45) is 11.8 Å². The first kappa shape index (κ1) is 12.0. The molecular formula is C10H18N6O. The minimum absolute atomic E-state index is 0.248. The Labute approximate surface area is 99.9 Å². The second-order valence-electron chi connectivity index (χ2n) is 4.55. The van der Waals surface area contributed by atoms with Crippen molar-refractivity contribution in [2.45, 2.75) is 19.4 Å². The smallest absolute Gasteiger partial charge is 0.287 e. The Balaban J connectivity index is 1.77. The Hall–Kier alpha value is -1.47. The van der Waals surface area contributed by atoms with Crippen LogP contribution in [0.25, 0.3) is 0 Å². The SMILES string of the molecule is CN(CCn1cc(C(=O)NN)nn1)CC1CC1. The van der Waals surface area contributed by atoms with E-state index >= 15 is 0 Å². The molecule has 0 aliphatic heterocycles. The van der Waals surface area contributed by atoms with Gasteiger partial charge in [0.2, 0.25) is 0 Å². The van der Waals surface area contributed by atoms with Crippen LogP contribution in [0.2, 0.25) is 0 Å². The first-order valence-corrected chi connectivity index (χ1v) is 5.78. The molecule has 0 unspecified atom stereocenters. The summed E-state index contributed by atoms with van der Waals surface area (Å²) >= 11 is 0. The van der Waals surface area contributed by atoms with Crippen LogP contribution < -0.4 is 11.3 Å². The number of likely N-dealkylation sites (N-methyl/N-ethyl adjacent to an activating group) is 1. The molecule has 17 heavy (non-hydrogen) atoms. The molecule has 0 atom stereocenters. The van der Waals surface area contributed by atoms with E-state index in [9.17, 15) is 4.79 Å². The second-order valence-corrected chi connectivity index (χ2v) is 4.55. The maximum absolute atomic E-state index is 11.2. The van der Waals surface area contributed by atoms with Gasteiger partial charge in [-0.25, -0.2) is 5.84 Å². The maximum atomic E-state index is 11.2. The quantitative estimate of drug-likeness (QED) is 0.386. The molecule has 7 nitrogen and oxygen atoms in total. The third-order valence-corrected chi connectivity index (χ3v) is 2.88. The van der Waals surface area contributed by atoms with Gasteiger partial charge in [-0.3, -0.25) is 14.9 Å². The number of amides is 1. The van der Waals surface area contributed by atoms with Crippen molar-refractivity contribution in [3.8, 4) is 0 Å². The number of hydrogen-bond acceptors (Lipinski definition) is 5. The summed E-state index contributed by atoms with van der Waals surface area (Å²) in [6.45, 7) is 2.78. The molecule has 3 N–H and O–H groups in total. The Bertz CT molecular complexity index is 386. The van der Waals surface area contributed by atoms with Crippen LogP contribution in [0, 0.1) is 5.92 Å². The van der Waals surface area contributed by atoms with E-state index in [-0.39, 0.29) is 5.69 Å². The Morgan fingerprint density at radius 1 is 1.71 bits per heavy atom. The zero-order chi connectivity index (χ0) is 12.3. The number of nitrogens with two attached hydrogens (primary N) is 1. The highest BCUT2D eigenvalue weighted by molar-refractivity contribution is 5.91. The third-order valence-electron chi connectivity index (χ3n) is 2.88. The zero-order valence-electron chi connectivity index (χ0n) is 9.96. The van der Waals surface area contributed by atoms with Gasteiger partial charge in [-0.15, -0.1) is 5.10 Å². The van der Waals surface area contributed by atoms with Crippen molar-refractivity contribution in [1.29, 1.82) is 0 Å². The topological polar surface area (TPSA) is 89.1 Å². The minimum atomic E-state index is -0.414. The van der Waals surface area contributed by atoms with Crippen LogP contribution in [0.1, 0.15) is 23.3 Å². The molecule has 1 saturated carbocycles. The van der Waals surface area contributed by atoms with E-state index in [0.717, 1.165) is 25.6 Å². The van der Waals surface area contributed by atoms with Crippen molar-refractivity contribution < 1.29 is 4.79 Å². The Morgan fingerprint density at radius 2 is 2.47 bits per heavy atom. The van der Waals surface area contributed by atoms with Crippen LogP contribution in [0.4, 0.5) is 0 Å². The van der Waals surface area contributed by atoms with Gasteiger partial charge in [0.05, 0.1) is 12.7 Å². The lowest BCUT2D eigenvalue weighted by atomic mass is 10.4. The van der Waals surface area contributed by atoms with Gasteiger partial charge in [0.1, 0.15) is 0 Å². The summed E-state index contributed by atoms with van der Waals surface area (Å²) in [4.78, 5) is 13.4. The molecule has 1 heterocycles.